The van der Waals surface area contributed by atoms with Crippen LogP contribution >= 0.6 is 23.2 Å². The van der Waals surface area contributed by atoms with Crippen molar-refractivity contribution in [3.8, 4) is 5.75 Å². The van der Waals surface area contributed by atoms with Gasteiger partial charge >= 0.3 is 0 Å². The van der Waals surface area contributed by atoms with E-state index in [4.69, 9.17) is 33.7 Å². The van der Waals surface area contributed by atoms with Gasteiger partial charge in [-0.05, 0) is 32.0 Å². The van der Waals surface area contributed by atoms with E-state index >= 15 is 0 Å². The van der Waals surface area contributed by atoms with E-state index in [0.29, 0.717) is 35.0 Å². The molecule has 2 rings (SSSR count). The summed E-state index contributed by atoms with van der Waals surface area (Å²) in [7, 11) is 0. The highest BCUT2D eigenvalue weighted by Gasteiger charge is 2.11. The van der Waals surface area contributed by atoms with Crippen LogP contribution in [-0.4, -0.2) is 9.78 Å². The fourth-order valence-corrected chi connectivity index (χ4v) is 2.41. The predicted octanol–water partition coefficient (Wildman–Crippen LogP) is 3.81. The lowest BCUT2D eigenvalue weighted by Gasteiger charge is -2.12. The lowest BCUT2D eigenvalue weighted by molar-refractivity contribution is 0.296. The van der Waals surface area contributed by atoms with E-state index in [2.05, 4.69) is 18.9 Å². The Morgan fingerprint density at radius 3 is 2.70 bits per heavy atom. The predicted molar refractivity (Wildman–Crippen MR) is 81.3 cm³/mol. The first kappa shape index (κ1) is 15.2. The quantitative estimate of drug-likeness (QED) is 0.913. The van der Waals surface area contributed by atoms with Crippen LogP contribution < -0.4 is 10.5 Å². The number of rotatable bonds is 5. The lowest BCUT2D eigenvalue weighted by Crippen LogP contribution is -2.05. The number of ether oxygens (including phenoxy) is 1. The van der Waals surface area contributed by atoms with Gasteiger partial charge in [-0.25, -0.2) is 0 Å². The van der Waals surface area contributed by atoms with Crippen LogP contribution in [0.2, 0.25) is 10.0 Å². The maximum atomic E-state index is 6.14. The van der Waals surface area contributed by atoms with E-state index in [-0.39, 0.29) is 0 Å². The number of benzene rings is 1. The minimum atomic E-state index is 0.316. The van der Waals surface area contributed by atoms with Crippen molar-refractivity contribution in [1.82, 2.24) is 9.78 Å². The molecule has 0 radical (unpaired) electrons. The smallest absolute Gasteiger partial charge is 0.143 e. The van der Waals surface area contributed by atoms with E-state index in [1.54, 1.807) is 12.1 Å². The Morgan fingerprint density at radius 1 is 1.35 bits per heavy atom. The van der Waals surface area contributed by atoms with Crippen LogP contribution in [0.5, 0.6) is 5.75 Å². The molecule has 0 saturated carbocycles. The maximum absolute atomic E-state index is 6.14. The lowest BCUT2D eigenvalue weighted by atomic mass is 10.2. The molecular formula is C14H17Cl2N3O. The minimum absolute atomic E-state index is 0.316. The molecule has 0 aliphatic carbocycles. The molecule has 6 heteroatoms. The number of nitrogens with zero attached hydrogens (tertiary/aromatic N) is 2. The Balaban J connectivity index is 2.14. The molecule has 1 aromatic heterocycles. The molecule has 2 N–H and O–H groups in total. The maximum Gasteiger partial charge on any atom is 0.143 e. The van der Waals surface area contributed by atoms with E-state index in [1.165, 1.54) is 0 Å². The van der Waals surface area contributed by atoms with Gasteiger partial charge in [0.05, 0.1) is 10.7 Å². The summed E-state index contributed by atoms with van der Waals surface area (Å²) in [6, 6.07) is 5.65. The number of aromatic nitrogens is 2. The van der Waals surface area contributed by atoms with Gasteiger partial charge in [0.25, 0.3) is 0 Å². The Bertz CT molecular complexity index is 596. The summed E-state index contributed by atoms with van der Waals surface area (Å²) < 4.78 is 7.63. The molecule has 1 heterocycles. The van der Waals surface area contributed by atoms with Crippen LogP contribution in [0, 0.1) is 0 Å². The van der Waals surface area contributed by atoms with Gasteiger partial charge in [-0.3, -0.25) is 4.68 Å². The molecule has 20 heavy (non-hydrogen) atoms. The molecule has 0 atom stereocenters. The Hall–Kier alpha value is -1.23. The molecule has 0 spiro atoms. The topological polar surface area (TPSA) is 53.1 Å². The molecule has 0 aliphatic rings. The van der Waals surface area contributed by atoms with Crippen molar-refractivity contribution in [1.29, 1.82) is 0 Å². The number of halogens is 2. The second kappa shape index (κ2) is 6.48. The molecule has 108 valence electrons. The van der Waals surface area contributed by atoms with Crippen LogP contribution in [0.15, 0.2) is 24.4 Å². The molecule has 1 aromatic carbocycles. The number of hydrogen-bond donors (Lipinski definition) is 1. The third-order valence-electron chi connectivity index (χ3n) is 2.86. The number of nitrogens with two attached hydrogens (primary N) is 1. The summed E-state index contributed by atoms with van der Waals surface area (Å²) in [5.41, 5.74) is 7.31. The van der Waals surface area contributed by atoms with Crippen molar-refractivity contribution in [3.05, 3.63) is 45.7 Å². The molecule has 0 saturated heterocycles. The van der Waals surface area contributed by atoms with E-state index in [1.807, 2.05) is 16.9 Å². The second-order valence-corrected chi connectivity index (χ2v) is 5.59. The monoisotopic (exact) mass is 313 g/mol. The van der Waals surface area contributed by atoms with E-state index < -0.39 is 0 Å². The molecular weight excluding hydrogens is 297 g/mol. The Labute approximate surface area is 128 Å². The molecule has 4 nitrogen and oxygen atoms in total. The van der Waals surface area contributed by atoms with Crippen LogP contribution in [0.3, 0.4) is 0 Å². The fourth-order valence-electron chi connectivity index (χ4n) is 1.81. The number of hydrogen-bond acceptors (Lipinski definition) is 3. The first-order valence-corrected chi connectivity index (χ1v) is 7.11. The van der Waals surface area contributed by atoms with Gasteiger partial charge in [-0.1, -0.05) is 23.2 Å². The van der Waals surface area contributed by atoms with Gasteiger partial charge in [-0.15, -0.1) is 0 Å². The van der Waals surface area contributed by atoms with Crippen molar-refractivity contribution < 1.29 is 4.74 Å². The van der Waals surface area contributed by atoms with Crippen molar-refractivity contribution in [3.63, 3.8) is 0 Å². The van der Waals surface area contributed by atoms with E-state index in [9.17, 15) is 0 Å². The summed E-state index contributed by atoms with van der Waals surface area (Å²) in [5, 5.41) is 5.43. The van der Waals surface area contributed by atoms with Crippen LogP contribution in [0.1, 0.15) is 31.1 Å². The van der Waals surface area contributed by atoms with Gasteiger partial charge < -0.3 is 10.5 Å². The van der Waals surface area contributed by atoms with Gasteiger partial charge in [-0.2, -0.15) is 5.10 Å². The molecule has 0 amide bonds. The normalized spacial score (nSPS) is 11.1. The average Bonchev–Trinajstić information content (AvgIpc) is 2.85. The van der Waals surface area contributed by atoms with Gasteiger partial charge in [0.2, 0.25) is 0 Å². The minimum Gasteiger partial charge on any atom is -0.485 e. The summed E-state index contributed by atoms with van der Waals surface area (Å²) in [6.07, 6.45) is 1.93. The van der Waals surface area contributed by atoms with Crippen LogP contribution in [-0.2, 0) is 13.2 Å². The largest absolute Gasteiger partial charge is 0.485 e. The van der Waals surface area contributed by atoms with Crippen LogP contribution in [0.25, 0.3) is 0 Å². The molecule has 0 aliphatic heterocycles. The third kappa shape index (κ3) is 3.45. The first-order chi connectivity index (χ1) is 9.51. The second-order valence-electron chi connectivity index (χ2n) is 4.75. The summed E-state index contributed by atoms with van der Waals surface area (Å²) in [4.78, 5) is 0. The fraction of sp³-hybridized carbons (Fsp3) is 0.357. The highest BCUT2D eigenvalue weighted by Crippen LogP contribution is 2.32. The van der Waals surface area contributed by atoms with Crippen LogP contribution in [0.4, 0.5) is 0 Å². The summed E-state index contributed by atoms with van der Waals surface area (Å²) in [5.74, 6) is 0.567. The molecule has 0 bridgehead atoms. The average molecular weight is 314 g/mol. The molecule has 2 aromatic rings. The first-order valence-electron chi connectivity index (χ1n) is 6.36. The standard InChI is InChI=1S/C14H17Cl2N3O/c1-9(2)19-4-3-12(18-19)8-20-14-10(7-17)5-11(15)6-13(14)16/h3-6,9H,7-8,17H2,1-2H3. The highest BCUT2D eigenvalue weighted by molar-refractivity contribution is 6.35. The third-order valence-corrected chi connectivity index (χ3v) is 3.36. The molecule has 0 fully saturated rings. The van der Waals surface area contributed by atoms with Crippen molar-refractivity contribution in [2.75, 3.05) is 0 Å². The van der Waals surface area contributed by atoms with Crippen molar-refractivity contribution in [2.24, 2.45) is 5.73 Å². The SMILES string of the molecule is CC(C)n1ccc(COc2c(Cl)cc(Cl)cc2CN)n1. The highest BCUT2D eigenvalue weighted by atomic mass is 35.5. The zero-order valence-electron chi connectivity index (χ0n) is 11.4. The zero-order chi connectivity index (χ0) is 14.7. The Kier molecular flexibility index (Phi) is 4.91. The summed E-state index contributed by atoms with van der Waals surface area (Å²) in [6.45, 7) is 4.80. The van der Waals surface area contributed by atoms with Gasteiger partial charge in [0.15, 0.2) is 0 Å². The zero-order valence-corrected chi connectivity index (χ0v) is 12.9. The van der Waals surface area contributed by atoms with Gasteiger partial charge in [0, 0.05) is 29.4 Å². The van der Waals surface area contributed by atoms with Crippen molar-refractivity contribution >= 4 is 23.2 Å². The summed E-state index contributed by atoms with van der Waals surface area (Å²) >= 11 is 12.1. The Morgan fingerprint density at radius 2 is 2.10 bits per heavy atom. The van der Waals surface area contributed by atoms with E-state index in [0.717, 1.165) is 11.3 Å². The molecule has 0 unspecified atom stereocenters. The van der Waals surface area contributed by atoms with Crippen molar-refractivity contribution in [2.45, 2.75) is 33.0 Å². The van der Waals surface area contributed by atoms with Gasteiger partial charge in [0.1, 0.15) is 12.4 Å².